The van der Waals surface area contributed by atoms with Gasteiger partial charge in [-0.1, -0.05) is 22.0 Å². The van der Waals surface area contributed by atoms with E-state index in [0.717, 1.165) is 15.8 Å². The Morgan fingerprint density at radius 3 is 2.47 bits per heavy atom. The van der Waals surface area contributed by atoms with Gasteiger partial charge < -0.3 is 16.8 Å². The van der Waals surface area contributed by atoms with Crippen LogP contribution in [0.4, 0.5) is 22.7 Å². The van der Waals surface area contributed by atoms with Crippen LogP contribution >= 0.6 is 15.9 Å². The molecular weight excluding hydrogens is 278 g/mol. The minimum atomic E-state index is 0.586. The Morgan fingerprint density at radius 1 is 1.00 bits per heavy atom. The van der Waals surface area contributed by atoms with Crippen molar-refractivity contribution in [3.05, 3.63) is 46.4 Å². The Hall–Kier alpha value is -1.68. The van der Waals surface area contributed by atoms with Crippen LogP contribution in [0.2, 0.25) is 0 Å². The minimum Gasteiger partial charge on any atom is -0.397 e. The second-order valence-corrected chi connectivity index (χ2v) is 4.84. The van der Waals surface area contributed by atoms with E-state index in [0.29, 0.717) is 11.4 Å². The molecule has 0 aromatic heterocycles. The maximum absolute atomic E-state index is 5.77. The predicted molar refractivity (Wildman–Crippen MR) is 77.4 cm³/mol. The maximum Gasteiger partial charge on any atom is 0.0568 e. The van der Waals surface area contributed by atoms with Gasteiger partial charge in [-0.3, -0.25) is 0 Å². The van der Waals surface area contributed by atoms with Gasteiger partial charge in [0.2, 0.25) is 0 Å². The third kappa shape index (κ3) is 2.71. The van der Waals surface area contributed by atoms with Crippen molar-refractivity contribution in [2.75, 3.05) is 16.8 Å². The summed E-state index contributed by atoms with van der Waals surface area (Å²) in [5, 5.41) is 3.32. The first-order chi connectivity index (χ1) is 8.06. The fourth-order valence-corrected chi connectivity index (χ4v) is 1.90. The fraction of sp³-hybridized carbons (Fsp3) is 0.0769. The number of hydrogen-bond donors (Lipinski definition) is 3. The van der Waals surface area contributed by atoms with Crippen molar-refractivity contribution in [3.8, 4) is 0 Å². The highest BCUT2D eigenvalue weighted by Gasteiger charge is 2.01. The average Bonchev–Trinajstić information content (AvgIpc) is 2.29. The Balaban J connectivity index is 2.31. The highest BCUT2D eigenvalue weighted by Crippen LogP contribution is 2.26. The molecule has 2 rings (SSSR count). The van der Waals surface area contributed by atoms with E-state index in [2.05, 4.69) is 28.2 Å². The van der Waals surface area contributed by atoms with Gasteiger partial charge in [0.1, 0.15) is 0 Å². The van der Waals surface area contributed by atoms with E-state index in [1.165, 1.54) is 5.56 Å². The first kappa shape index (κ1) is 11.8. The Morgan fingerprint density at radius 2 is 1.76 bits per heavy atom. The van der Waals surface area contributed by atoms with Crippen molar-refractivity contribution in [1.29, 1.82) is 0 Å². The molecule has 2 aromatic rings. The van der Waals surface area contributed by atoms with Crippen LogP contribution in [-0.4, -0.2) is 0 Å². The van der Waals surface area contributed by atoms with Crippen LogP contribution in [0.25, 0.3) is 0 Å². The Kier molecular flexibility index (Phi) is 3.24. The lowest BCUT2D eigenvalue weighted by Crippen LogP contribution is -1.97. The number of nitrogen functional groups attached to an aromatic ring is 2. The molecule has 0 amide bonds. The fourth-order valence-electron chi connectivity index (χ4n) is 1.54. The summed E-state index contributed by atoms with van der Waals surface area (Å²) in [4.78, 5) is 0. The van der Waals surface area contributed by atoms with Crippen LogP contribution in [0, 0.1) is 6.92 Å². The van der Waals surface area contributed by atoms with Crippen molar-refractivity contribution in [2.24, 2.45) is 0 Å². The van der Waals surface area contributed by atoms with Crippen LogP contribution in [0.3, 0.4) is 0 Å². The summed E-state index contributed by atoms with van der Waals surface area (Å²) in [7, 11) is 0. The number of hydrogen-bond acceptors (Lipinski definition) is 3. The van der Waals surface area contributed by atoms with Gasteiger partial charge in [0.15, 0.2) is 0 Å². The summed E-state index contributed by atoms with van der Waals surface area (Å²) in [6.45, 7) is 2.05. The van der Waals surface area contributed by atoms with Crippen molar-refractivity contribution in [1.82, 2.24) is 0 Å². The van der Waals surface area contributed by atoms with E-state index in [-0.39, 0.29) is 0 Å². The highest BCUT2D eigenvalue weighted by atomic mass is 79.9. The summed E-state index contributed by atoms with van der Waals surface area (Å²) in [6, 6.07) is 11.6. The molecule has 0 unspecified atom stereocenters. The van der Waals surface area contributed by atoms with E-state index < -0.39 is 0 Å². The number of benzene rings is 2. The molecule has 0 aliphatic rings. The number of rotatable bonds is 2. The molecule has 0 saturated heterocycles. The van der Waals surface area contributed by atoms with Crippen LogP contribution in [0.1, 0.15) is 5.56 Å². The number of nitrogens with two attached hydrogens (primary N) is 2. The van der Waals surface area contributed by atoms with E-state index in [9.17, 15) is 0 Å². The molecule has 0 spiro atoms. The third-order valence-corrected chi connectivity index (χ3v) is 3.06. The predicted octanol–water partition coefficient (Wildman–Crippen LogP) is 3.67. The van der Waals surface area contributed by atoms with E-state index >= 15 is 0 Å². The molecule has 0 radical (unpaired) electrons. The molecule has 2 aromatic carbocycles. The maximum atomic E-state index is 5.77. The first-order valence-electron chi connectivity index (χ1n) is 5.24. The van der Waals surface area contributed by atoms with Gasteiger partial charge in [-0.15, -0.1) is 0 Å². The second kappa shape index (κ2) is 4.67. The zero-order valence-electron chi connectivity index (χ0n) is 9.50. The molecule has 0 heterocycles. The number of nitrogens with one attached hydrogen (secondary N) is 1. The minimum absolute atomic E-state index is 0.586. The normalized spacial score (nSPS) is 10.2. The molecule has 17 heavy (non-hydrogen) atoms. The average molecular weight is 292 g/mol. The summed E-state index contributed by atoms with van der Waals surface area (Å²) in [5.74, 6) is 0. The zero-order valence-corrected chi connectivity index (χ0v) is 11.1. The molecule has 0 fully saturated rings. The van der Waals surface area contributed by atoms with Crippen molar-refractivity contribution in [2.45, 2.75) is 6.92 Å². The van der Waals surface area contributed by atoms with E-state index in [1.54, 1.807) is 6.07 Å². The van der Waals surface area contributed by atoms with E-state index in [1.807, 2.05) is 30.3 Å². The summed E-state index contributed by atoms with van der Waals surface area (Å²) in [5.41, 5.74) is 15.8. The molecule has 0 aliphatic heterocycles. The summed E-state index contributed by atoms with van der Waals surface area (Å²) >= 11 is 3.45. The Bertz CT molecular complexity index is 552. The van der Waals surface area contributed by atoms with Crippen LogP contribution in [-0.2, 0) is 0 Å². The van der Waals surface area contributed by atoms with Crippen LogP contribution < -0.4 is 16.8 Å². The molecule has 0 aliphatic carbocycles. The van der Waals surface area contributed by atoms with Crippen molar-refractivity contribution in [3.63, 3.8) is 0 Å². The first-order valence-corrected chi connectivity index (χ1v) is 6.04. The lowest BCUT2D eigenvalue weighted by molar-refractivity contribution is 1.42. The number of aryl methyl sites for hydroxylation is 1. The van der Waals surface area contributed by atoms with Crippen molar-refractivity contribution < 1.29 is 0 Å². The monoisotopic (exact) mass is 291 g/mol. The molecule has 4 heteroatoms. The second-order valence-electron chi connectivity index (χ2n) is 3.93. The smallest absolute Gasteiger partial charge is 0.0568 e. The largest absolute Gasteiger partial charge is 0.397 e. The molecule has 0 bridgehead atoms. The Labute approximate surface area is 109 Å². The molecular formula is C13H14BrN3. The van der Waals surface area contributed by atoms with Gasteiger partial charge in [-0.25, -0.2) is 0 Å². The lowest BCUT2D eigenvalue weighted by Gasteiger charge is -2.11. The standard InChI is InChI=1S/C13H14BrN3/c1-8-2-3-9(14)6-13(8)17-10-4-5-11(15)12(16)7-10/h2-7,17H,15-16H2,1H3. The van der Waals surface area contributed by atoms with Gasteiger partial charge in [-0.05, 0) is 42.8 Å². The highest BCUT2D eigenvalue weighted by molar-refractivity contribution is 9.10. The topological polar surface area (TPSA) is 64.1 Å². The zero-order chi connectivity index (χ0) is 12.4. The van der Waals surface area contributed by atoms with Gasteiger partial charge >= 0.3 is 0 Å². The van der Waals surface area contributed by atoms with Gasteiger partial charge in [0, 0.05) is 15.8 Å². The lowest BCUT2D eigenvalue weighted by atomic mass is 10.2. The van der Waals surface area contributed by atoms with E-state index in [4.69, 9.17) is 11.5 Å². The van der Waals surface area contributed by atoms with Gasteiger partial charge in [0.25, 0.3) is 0 Å². The molecule has 5 N–H and O–H groups in total. The molecule has 3 nitrogen and oxygen atoms in total. The summed E-state index contributed by atoms with van der Waals surface area (Å²) in [6.07, 6.45) is 0. The quantitative estimate of drug-likeness (QED) is 0.740. The third-order valence-electron chi connectivity index (χ3n) is 2.57. The van der Waals surface area contributed by atoms with Crippen LogP contribution in [0.5, 0.6) is 0 Å². The number of halogens is 1. The summed E-state index contributed by atoms with van der Waals surface area (Å²) < 4.78 is 1.04. The van der Waals surface area contributed by atoms with Crippen LogP contribution in [0.15, 0.2) is 40.9 Å². The number of anilines is 4. The van der Waals surface area contributed by atoms with Gasteiger partial charge in [-0.2, -0.15) is 0 Å². The molecule has 0 atom stereocenters. The molecule has 88 valence electrons. The molecule has 0 saturated carbocycles. The van der Waals surface area contributed by atoms with Gasteiger partial charge in [0.05, 0.1) is 11.4 Å². The SMILES string of the molecule is Cc1ccc(Br)cc1Nc1ccc(N)c(N)c1. The van der Waals surface area contributed by atoms with Crippen molar-refractivity contribution >= 4 is 38.7 Å².